The molecule has 0 radical (unpaired) electrons. The zero-order valence-electron chi connectivity index (χ0n) is 13.3. The number of aliphatic carboxylic acids is 1. The van der Waals surface area contributed by atoms with E-state index >= 15 is 0 Å². The van der Waals surface area contributed by atoms with Gasteiger partial charge in [0.25, 0.3) is 5.91 Å². The first-order chi connectivity index (χ1) is 11.5. The van der Waals surface area contributed by atoms with E-state index in [9.17, 15) is 14.4 Å². The van der Waals surface area contributed by atoms with Crippen molar-refractivity contribution in [3.05, 3.63) is 29.8 Å². The Bertz CT molecular complexity index is 643. The molecule has 7 heteroatoms. The number of hydrogen-bond acceptors (Lipinski definition) is 4. The van der Waals surface area contributed by atoms with Crippen molar-refractivity contribution in [2.45, 2.75) is 25.4 Å². The lowest BCUT2D eigenvalue weighted by Gasteiger charge is -2.32. The molecule has 0 saturated carbocycles. The number of ether oxygens (including phenoxy) is 1. The van der Waals surface area contributed by atoms with Crippen LogP contribution in [0.15, 0.2) is 24.3 Å². The van der Waals surface area contributed by atoms with Crippen LogP contribution < -0.4 is 4.90 Å². The fourth-order valence-corrected chi connectivity index (χ4v) is 3.11. The van der Waals surface area contributed by atoms with Gasteiger partial charge in [-0.1, -0.05) is 0 Å². The maximum absolute atomic E-state index is 12.6. The van der Waals surface area contributed by atoms with Crippen LogP contribution in [0.1, 0.15) is 29.6 Å². The Morgan fingerprint density at radius 1 is 1.21 bits per heavy atom. The summed E-state index contributed by atoms with van der Waals surface area (Å²) in [6, 6.07) is 6.99. The number of rotatable bonds is 4. The van der Waals surface area contributed by atoms with Crippen molar-refractivity contribution >= 4 is 23.5 Å². The Labute approximate surface area is 139 Å². The van der Waals surface area contributed by atoms with Gasteiger partial charge in [-0.05, 0) is 30.7 Å². The molecule has 1 N–H and O–H groups in total. The van der Waals surface area contributed by atoms with Gasteiger partial charge in [0.05, 0.1) is 19.1 Å². The van der Waals surface area contributed by atoms with E-state index in [1.54, 1.807) is 34.1 Å². The second-order valence-electron chi connectivity index (χ2n) is 6.04. The van der Waals surface area contributed by atoms with Gasteiger partial charge in [-0.2, -0.15) is 0 Å². The van der Waals surface area contributed by atoms with E-state index in [2.05, 4.69) is 0 Å². The van der Waals surface area contributed by atoms with Crippen LogP contribution in [-0.4, -0.2) is 60.1 Å². The number of amides is 2. The van der Waals surface area contributed by atoms with Gasteiger partial charge in [-0.3, -0.25) is 14.4 Å². The van der Waals surface area contributed by atoms with Gasteiger partial charge in [0.1, 0.15) is 0 Å². The highest BCUT2D eigenvalue weighted by Crippen LogP contribution is 2.22. The van der Waals surface area contributed by atoms with E-state index in [4.69, 9.17) is 9.84 Å². The van der Waals surface area contributed by atoms with Gasteiger partial charge in [-0.15, -0.1) is 0 Å². The molecule has 2 aliphatic heterocycles. The summed E-state index contributed by atoms with van der Waals surface area (Å²) in [6.07, 6.45) is 0.846. The van der Waals surface area contributed by atoms with E-state index < -0.39 is 12.1 Å². The van der Waals surface area contributed by atoms with Gasteiger partial charge < -0.3 is 19.6 Å². The number of morpholine rings is 1. The fourth-order valence-electron chi connectivity index (χ4n) is 3.11. The third kappa shape index (κ3) is 3.56. The fraction of sp³-hybridized carbons (Fsp3) is 0.471. The topological polar surface area (TPSA) is 87.2 Å². The minimum absolute atomic E-state index is 0.110. The predicted octanol–water partition coefficient (Wildman–Crippen LogP) is 1.13. The summed E-state index contributed by atoms with van der Waals surface area (Å²) >= 11 is 0. The van der Waals surface area contributed by atoms with Crippen LogP contribution in [0.2, 0.25) is 0 Å². The van der Waals surface area contributed by atoms with Crippen molar-refractivity contribution in [1.29, 1.82) is 0 Å². The molecule has 2 saturated heterocycles. The molecule has 0 bridgehead atoms. The molecule has 7 nitrogen and oxygen atoms in total. The molecule has 0 aliphatic carbocycles. The second kappa shape index (κ2) is 7.00. The van der Waals surface area contributed by atoms with Crippen LogP contribution in [0.3, 0.4) is 0 Å². The molecule has 1 aromatic rings. The minimum atomic E-state index is -0.936. The minimum Gasteiger partial charge on any atom is -0.481 e. The maximum atomic E-state index is 12.6. The summed E-state index contributed by atoms with van der Waals surface area (Å²) in [6.45, 7) is 1.77. The first kappa shape index (κ1) is 16.4. The highest BCUT2D eigenvalue weighted by Gasteiger charge is 2.27. The molecule has 1 aromatic carbocycles. The van der Waals surface area contributed by atoms with Crippen molar-refractivity contribution in [3.63, 3.8) is 0 Å². The molecule has 24 heavy (non-hydrogen) atoms. The Hall–Kier alpha value is -2.41. The van der Waals surface area contributed by atoms with Crippen LogP contribution >= 0.6 is 0 Å². The lowest BCUT2D eigenvalue weighted by atomic mass is 10.1. The van der Waals surface area contributed by atoms with Crippen molar-refractivity contribution in [3.8, 4) is 0 Å². The molecule has 0 aromatic heterocycles. The number of carboxylic acids is 1. The van der Waals surface area contributed by atoms with E-state index in [1.807, 2.05) is 0 Å². The monoisotopic (exact) mass is 332 g/mol. The highest BCUT2D eigenvalue weighted by atomic mass is 16.5. The van der Waals surface area contributed by atoms with E-state index in [1.165, 1.54) is 0 Å². The highest BCUT2D eigenvalue weighted by molar-refractivity contribution is 5.97. The van der Waals surface area contributed by atoms with Crippen LogP contribution in [0, 0.1) is 0 Å². The SMILES string of the molecule is O=C(O)C[C@H]1CN(C(=O)c2ccc(N3CCCC3=O)cc2)CCO1. The van der Waals surface area contributed by atoms with Crippen molar-refractivity contribution in [2.75, 3.05) is 31.1 Å². The Kier molecular flexibility index (Phi) is 4.80. The van der Waals surface area contributed by atoms with E-state index in [0.29, 0.717) is 31.7 Å². The Morgan fingerprint density at radius 2 is 1.96 bits per heavy atom. The number of benzene rings is 1. The summed E-state index contributed by atoms with van der Waals surface area (Å²) in [5.41, 5.74) is 1.33. The van der Waals surface area contributed by atoms with Gasteiger partial charge in [0, 0.05) is 37.3 Å². The summed E-state index contributed by atoms with van der Waals surface area (Å²) in [5, 5.41) is 8.85. The first-order valence-corrected chi connectivity index (χ1v) is 8.07. The number of carbonyl (C=O) groups is 3. The van der Waals surface area contributed by atoms with Crippen molar-refractivity contribution in [1.82, 2.24) is 4.90 Å². The number of carboxylic acid groups (broad SMARTS) is 1. The summed E-state index contributed by atoms with van der Waals surface area (Å²) in [4.78, 5) is 38.5. The maximum Gasteiger partial charge on any atom is 0.306 e. The van der Waals surface area contributed by atoms with E-state index in [-0.39, 0.29) is 24.8 Å². The number of anilines is 1. The average molecular weight is 332 g/mol. The lowest BCUT2D eigenvalue weighted by molar-refractivity contribution is -0.141. The molecule has 0 unspecified atom stereocenters. The Balaban J connectivity index is 1.66. The Morgan fingerprint density at radius 3 is 2.58 bits per heavy atom. The molecule has 2 amide bonds. The number of carbonyl (C=O) groups excluding carboxylic acids is 2. The molecular formula is C17H20N2O5. The lowest BCUT2D eigenvalue weighted by Crippen LogP contribution is -2.46. The quantitative estimate of drug-likeness (QED) is 0.893. The smallest absolute Gasteiger partial charge is 0.306 e. The van der Waals surface area contributed by atoms with Gasteiger partial charge in [0.2, 0.25) is 5.91 Å². The summed E-state index contributed by atoms with van der Waals surface area (Å²) in [5.74, 6) is -0.972. The van der Waals surface area contributed by atoms with Gasteiger partial charge in [-0.25, -0.2) is 0 Å². The van der Waals surface area contributed by atoms with Gasteiger partial charge >= 0.3 is 5.97 Å². The summed E-state index contributed by atoms with van der Waals surface area (Å²) in [7, 11) is 0. The standard InChI is InChI=1S/C17H20N2O5/c20-15-2-1-7-19(15)13-5-3-12(4-6-13)17(23)18-8-9-24-14(11-18)10-16(21)22/h3-6,14H,1-2,7-11H2,(H,21,22)/t14-/m0/s1. The number of nitrogens with zero attached hydrogens (tertiary/aromatic N) is 2. The van der Waals surface area contributed by atoms with Crippen LogP contribution in [-0.2, 0) is 14.3 Å². The van der Waals surface area contributed by atoms with Crippen LogP contribution in [0.4, 0.5) is 5.69 Å². The zero-order chi connectivity index (χ0) is 17.1. The molecule has 2 aliphatic rings. The van der Waals surface area contributed by atoms with Crippen molar-refractivity contribution in [2.24, 2.45) is 0 Å². The van der Waals surface area contributed by atoms with Gasteiger partial charge in [0.15, 0.2) is 0 Å². The molecule has 1 atom stereocenters. The van der Waals surface area contributed by atoms with E-state index in [0.717, 1.165) is 12.1 Å². The van der Waals surface area contributed by atoms with Crippen LogP contribution in [0.25, 0.3) is 0 Å². The number of hydrogen-bond donors (Lipinski definition) is 1. The average Bonchev–Trinajstić information content (AvgIpc) is 3.00. The van der Waals surface area contributed by atoms with Crippen LogP contribution in [0.5, 0.6) is 0 Å². The molecular weight excluding hydrogens is 312 g/mol. The molecule has 128 valence electrons. The second-order valence-corrected chi connectivity index (χ2v) is 6.04. The summed E-state index contributed by atoms with van der Waals surface area (Å²) < 4.78 is 5.38. The zero-order valence-corrected chi connectivity index (χ0v) is 13.3. The normalized spacial score (nSPS) is 21.2. The van der Waals surface area contributed by atoms with Crippen molar-refractivity contribution < 1.29 is 24.2 Å². The molecule has 2 heterocycles. The largest absolute Gasteiger partial charge is 0.481 e. The predicted molar refractivity (Wildman–Crippen MR) is 85.9 cm³/mol. The first-order valence-electron chi connectivity index (χ1n) is 8.07. The molecule has 0 spiro atoms. The third-order valence-corrected chi connectivity index (χ3v) is 4.33. The third-order valence-electron chi connectivity index (χ3n) is 4.33. The molecule has 3 rings (SSSR count). The molecule has 2 fully saturated rings.